The molecule has 1 aromatic heterocycles. The fraction of sp³-hybridized carbons (Fsp3) is 0.250. The highest BCUT2D eigenvalue weighted by Crippen LogP contribution is 2.39. The summed E-state index contributed by atoms with van der Waals surface area (Å²) in [6.45, 7) is 10.7. The molecule has 6 nitrogen and oxygen atoms in total. The van der Waals surface area contributed by atoms with Crippen molar-refractivity contribution < 1.29 is 14.7 Å². The van der Waals surface area contributed by atoms with Crippen LogP contribution in [0.3, 0.4) is 0 Å². The molecule has 1 N–H and O–H groups in total. The first-order valence-electron chi connectivity index (χ1n) is 16.2. The Balaban J connectivity index is 1.42. The van der Waals surface area contributed by atoms with E-state index in [2.05, 4.69) is 56.9 Å². The summed E-state index contributed by atoms with van der Waals surface area (Å²) in [5, 5.41) is 10.0. The predicted octanol–water partition coefficient (Wildman–Crippen LogP) is 7.45. The van der Waals surface area contributed by atoms with E-state index in [4.69, 9.17) is 6.42 Å². The molecule has 0 bridgehead atoms. The van der Waals surface area contributed by atoms with Crippen molar-refractivity contribution in [3.63, 3.8) is 0 Å². The molecule has 0 aliphatic carbocycles. The van der Waals surface area contributed by atoms with E-state index >= 15 is 0 Å². The predicted molar refractivity (Wildman–Crippen MR) is 191 cm³/mol. The number of hydrogen-bond donors (Lipinski definition) is 1. The molecule has 0 saturated heterocycles. The lowest BCUT2D eigenvalue weighted by molar-refractivity contribution is -0.114. The number of aryl methyl sites for hydroxylation is 1. The molecule has 0 saturated carbocycles. The van der Waals surface area contributed by atoms with Crippen LogP contribution in [0.1, 0.15) is 64.8 Å². The van der Waals surface area contributed by atoms with Gasteiger partial charge in [0.15, 0.2) is 0 Å². The number of rotatable bonds is 6. The van der Waals surface area contributed by atoms with E-state index in [0.717, 1.165) is 40.6 Å². The average Bonchev–Trinajstić information content (AvgIpc) is 3.54. The topological polar surface area (TPSA) is 65.8 Å². The fourth-order valence-corrected chi connectivity index (χ4v) is 6.88. The zero-order valence-corrected chi connectivity index (χ0v) is 28.0. The van der Waals surface area contributed by atoms with Crippen LogP contribution in [0.2, 0.25) is 6.82 Å². The fourth-order valence-electron chi connectivity index (χ4n) is 6.88. The lowest BCUT2D eigenvalue weighted by Gasteiger charge is -2.35. The maximum Gasteiger partial charge on any atom is 0.262 e. The number of aromatic hydroxyl groups is 1. The van der Waals surface area contributed by atoms with Crippen LogP contribution in [0.4, 0.5) is 11.4 Å². The molecule has 2 aliphatic heterocycles. The largest absolute Gasteiger partial charge is 0.508 e. The molecule has 2 aliphatic rings. The Morgan fingerprint density at radius 3 is 2.40 bits per heavy atom. The summed E-state index contributed by atoms with van der Waals surface area (Å²) >= 11 is 0. The average molecular weight is 622 g/mol. The molecule has 236 valence electrons. The van der Waals surface area contributed by atoms with Crippen molar-refractivity contribution >= 4 is 35.4 Å². The highest BCUT2D eigenvalue weighted by Gasteiger charge is 2.36. The van der Waals surface area contributed by atoms with Gasteiger partial charge in [-0.1, -0.05) is 80.0 Å². The Morgan fingerprint density at radius 1 is 1.04 bits per heavy atom. The number of anilines is 2. The number of allylic oxidation sites excluding steroid dienone is 1. The lowest BCUT2D eigenvalue weighted by Crippen LogP contribution is -2.43. The summed E-state index contributed by atoms with van der Waals surface area (Å²) in [4.78, 5) is 32.8. The number of fused-ring (bicyclic) bond motifs is 1. The summed E-state index contributed by atoms with van der Waals surface area (Å²) in [7, 11) is 1.88. The maximum absolute atomic E-state index is 14.7. The highest BCUT2D eigenvalue weighted by molar-refractivity contribution is 6.86. The molecular formula is C40H40BN3O3. The van der Waals surface area contributed by atoms with Crippen LogP contribution < -0.4 is 4.90 Å². The number of nitrogens with zero attached hydrogens (tertiary/aromatic N) is 3. The van der Waals surface area contributed by atoms with Gasteiger partial charge in [0.05, 0.1) is 11.4 Å². The zero-order valence-electron chi connectivity index (χ0n) is 28.0. The Hall–Kier alpha value is -5.22. The molecule has 1 atom stereocenters. The minimum atomic E-state index is -0.202. The van der Waals surface area contributed by atoms with Crippen LogP contribution in [-0.4, -0.2) is 39.1 Å². The standard InChI is InChI=1S/C40H40BN3O3/c1-8-28-14-19-34(36(21-28)39(46)43-24-30-13-11-10-12-29(30)20-25(43)3)37-23-35(26(4)41(37)6)40(47)44(32-15-17-33(45)18-16-32)38-22-31(9-2)42(7)27(38)5/h2,10-19,21-23,25,45H,8,20,24H2,1,3-7H3. The molecular weight excluding hydrogens is 581 g/mol. The molecule has 1 unspecified atom stereocenters. The lowest BCUT2D eigenvalue weighted by atomic mass is 9.42. The first-order valence-corrected chi connectivity index (χ1v) is 16.2. The van der Waals surface area contributed by atoms with Gasteiger partial charge in [-0.2, -0.15) is 0 Å². The molecule has 2 amide bonds. The smallest absolute Gasteiger partial charge is 0.262 e. The van der Waals surface area contributed by atoms with Crippen LogP contribution in [0.15, 0.2) is 89.9 Å². The van der Waals surface area contributed by atoms with Gasteiger partial charge in [0.25, 0.3) is 11.8 Å². The van der Waals surface area contributed by atoms with Crippen molar-refractivity contribution in [3.8, 4) is 18.1 Å². The molecule has 4 aromatic rings. The summed E-state index contributed by atoms with van der Waals surface area (Å²) < 4.78 is 1.89. The van der Waals surface area contributed by atoms with E-state index in [1.165, 1.54) is 11.1 Å². The van der Waals surface area contributed by atoms with E-state index in [9.17, 15) is 14.7 Å². The number of amides is 2. The Bertz CT molecular complexity index is 2010. The van der Waals surface area contributed by atoms with Gasteiger partial charge >= 0.3 is 0 Å². The number of phenolic OH excluding ortho intramolecular Hbond substituents is 1. The van der Waals surface area contributed by atoms with Gasteiger partial charge in [-0.3, -0.25) is 14.5 Å². The van der Waals surface area contributed by atoms with Gasteiger partial charge in [0.1, 0.15) is 5.75 Å². The van der Waals surface area contributed by atoms with Crippen LogP contribution in [0, 0.1) is 19.3 Å². The number of aromatic nitrogens is 1. The van der Waals surface area contributed by atoms with Crippen LogP contribution >= 0.6 is 0 Å². The summed E-state index contributed by atoms with van der Waals surface area (Å²) in [5.74, 6) is 2.63. The number of carbonyl (C=O) groups excluding carboxylic acids is 2. The van der Waals surface area contributed by atoms with Gasteiger partial charge in [0.2, 0.25) is 6.71 Å². The van der Waals surface area contributed by atoms with Crippen molar-refractivity contribution in [1.29, 1.82) is 0 Å². The van der Waals surface area contributed by atoms with Crippen molar-refractivity contribution in [2.45, 2.75) is 59.9 Å². The highest BCUT2D eigenvalue weighted by atomic mass is 16.3. The first kappa shape index (κ1) is 31.8. The number of terminal acetylenes is 1. The molecule has 47 heavy (non-hydrogen) atoms. The Kier molecular flexibility index (Phi) is 8.46. The van der Waals surface area contributed by atoms with E-state index in [1.54, 1.807) is 29.2 Å². The Morgan fingerprint density at radius 2 is 1.74 bits per heavy atom. The minimum absolute atomic E-state index is 0.00952. The maximum atomic E-state index is 14.7. The normalized spacial score (nSPS) is 15.8. The van der Waals surface area contributed by atoms with Crippen LogP contribution in [0.25, 0.3) is 5.47 Å². The zero-order chi connectivity index (χ0) is 33.6. The van der Waals surface area contributed by atoms with E-state index in [1.807, 2.05) is 54.6 Å². The van der Waals surface area contributed by atoms with Gasteiger partial charge in [-0.15, -0.1) is 6.42 Å². The number of phenols is 1. The molecule has 0 radical (unpaired) electrons. The SMILES string of the molecule is C#Cc1cc(N(C(=O)C2=C(C)B(C)C(c3ccc(CC)cc3C(=O)N3Cc4ccccc4CC3C)=C2)c2ccc(O)cc2)c(C)n1C. The molecule has 3 heterocycles. The van der Waals surface area contributed by atoms with Crippen molar-refractivity contribution in [1.82, 2.24) is 9.47 Å². The third kappa shape index (κ3) is 5.59. The van der Waals surface area contributed by atoms with Crippen LogP contribution in [-0.2, 0) is 31.2 Å². The summed E-state index contributed by atoms with van der Waals surface area (Å²) in [6.07, 6.45) is 9.39. The number of carbonyl (C=O) groups is 2. The molecule has 0 spiro atoms. The van der Waals surface area contributed by atoms with E-state index < -0.39 is 0 Å². The third-order valence-electron chi connectivity index (χ3n) is 10.1. The van der Waals surface area contributed by atoms with E-state index in [0.29, 0.717) is 34.8 Å². The Labute approximate surface area is 278 Å². The second-order valence-electron chi connectivity index (χ2n) is 12.8. The van der Waals surface area contributed by atoms with Crippen LogP contribution in [0.5, 0.6) is 5.75 Å². The summed E-state index contributed by atoms with van der Waals surface area (Å²) in [6, 6.07) is 23.0. The molecule has 3 aromatic carbocycles. The van der Waals surface area contributed by atoms with E-state index in [-0.39, 0.29) is 30.3 Å². The minimum Gasteiger partial charge on any atom is -0.508 e. The monoisotopic (exact) mass is 621 g/mol. The second-order valence-corrected chi connectivity index (χ2v) is 12.8. The van der Waals surface area contributed by atoms with Crippen molar-refractivity contribution in [2.75, 3.05) is 4.90 Å². The van der Waals surface area contributed by atoms with Gasteiger partial charge in [0, 0.05) is 42.2 Å². The van der Waals surface area contributed by atoms with Gasteiger partial charge < -0.3 is 14.6 Å². The number of hydrogen-bond acceptors (Lipinski definition) is 3. The summed E-state index contributed by atoms with van der Waals surface area (Å²) in [5.41, 5.74) is 10.3. The first-order chi connectivity index (χ1) is 22.5. The van der Waals surface area contributed by atoms with Crippen molar-refractivity contribution in [3.05, 3.63) is 129 Å². The second kappa shape index (κ2) is 12.5. The van der Waals surface area contributed by atoms with Gasteiger partial charge in [-0.05, 0) is 85.3 Å². The quantitative estimate of drug-likeness (QED) is 0.180. The molecule has 6 rings (SSSR count). The van der Waals surface area contributed by atoms with Crippen molar-refractivity contribution in [2.24, 2.45) is 7.05 Å². The molecule has 7 heteroatoms. The third-order valence-corrected chi connectivity index (χ3v) is 10.1. The van der Waals surface area contributed by atoms with Gasteiger partial charge in [-0.25, -0.2) is 0 Å². The number of benzene rings is 3. The molecule has 0 fully saturated rings.